The molecule has 1 saturated heterocycles. The van der Waals surface area contributed by atoms with Gasteiger partial charge < -0.3 is 10.1 Å². The molecule has 4 aromatic heterocycles. The molecule has 2 aliphatic rings. The number of carbonyl (C=O) groups is 2. The maximum absolute atomic E-state index is 15.6. The van der Waals surface area contributed by atoms with E-state index in [0.717, 1.165) is 35.6 Å². The molecule has 1 aliphatic carbocycles. The monoisotopic (exact) mass is 818 g/mol. The minimum Gasteiger partial charge on any atom is -0.485 e. The minimum atomic E-state index is -4.06. The summed E-state index contributed by atoms with van der Waals surface area (Å²) in [7, 11) is -2.39. The molecule has 0 unspecified atom stereocenters. The molecular formula is C41H39FN10O6S. The molecule has 0 spiro atoms. The molecule has 2 amide bonds. The van der Waals surface area contributed by atoms with Crippen LogP contribution in [0.2, 0.25) is 0 Å². The summed E-state index contributed by atoms with van der Waals surface area (Å²) in [6.45, 7) is 3.74. The summed E-state index contributed by atoms with van der Waals surface area (Å²) in [4.78, 5) is 46.3. The van der Waals surface area contributed by atoms with Gasteiger partial charge in [-0.3, -0.25) is 29.1 Å². The fourth-order valence-electron chi connectivity index (χ4n) is 8.05. The maximum atomic E-state index is 15.6. The predicted molar refractivity (Wildman–Crippen MR) is 213 cm³/mol. The number of hydrogen-bond donors (Lipinski definition) is 3. The van der Waals surface area contributed by atoms with E-state index < -0.39 is 27.6 Å². The first-order valence-corrected chi connectivity index (χ1v) is 20.7. The molecule has 7 aromatic rings. The highest BCUT2D eigenvalue weighted by atomic mass is 32.2. The van der Waals surface area contributed by atoms with Gasteiger partial charge in [0.2, 0.25) is 33.2 Å². The van der Waals surface area contributed by atoms with Crippen LogP contribution in [0.4, 0.5) is 16.0 Å². The number of nitrogens with zero attached hydrogens (tertiary/aromatic N) is 7. The van der Waals surface area contributed by atoms with Crippen LogP contribution in [0.5, 0.6) is 5.75 Å². The van der Waals surface area contributed by atoms with Crippen molar-refractivity contribution in [3.05, 3.63) is 107 Å². The van der Waals surface area contributed by atoms with Crippen LogP contribution in [0.15, 0.2) is 94.0 Å². The van der Waals surface area contributed by atoms with Gasteiger partial charge in [-0.15, -0.1) is 5.10 Å². The predicted octanol–water partition coefficient (Wildman–Crippen LogP) is 5.38. The van der Waals surface area contributed by atoms with E-state index in [-0.39, 0.29) is 57.9 Å². The molecule has 18 heteroatoms. The SMILES string of the molecule is CC(C)Oc1c(-c2cn[nH]c2)ncn2nc(Nc3ccc(S(=O)(=O)c4cccc(CC5CC(c6ccc7c(c6)n(C)c(=O)n7[C@H]6CCC(=O)NC6=O)C5)c4)cc3F)nc12. The van der Waals surface area contributed by atoms with E-state index in [1.165, 1.54) is 38.2 Å². The van der Waals surface area contributed by atoms with Crippen molar-refractivity contribution in [1.29, 1.82) is 0 Å². The Morgan fingerprint density at radius 2 is 1.83 bits per heavy atom. The number of amides is 2. The van der Waals surface area contributed by atoms with E-state index in [0.29, 0.717) is 40.5 Å². The number of imidazole rings is 1. The van der Waals surface area contributed by atoms with Crippen LogP contribution in [-0.4, -0.2) is 65.2 Å². The average molecular weight is 819 g/mol. The first-order chi connectivity index (χ1) is 28.3. The van der Waals surface area contributed by atoms with E-state index in [4.69, 9.17) is 4.74 Å². The number of piperidine rings is 1. The van der Waals surface area contributed by atoms with E-state index >= 15 is 4.39 Å². The number of ether oxygens (including phenoxy) is 1. The fourth-order valence-corrected chi connectivity index (χ4v) is 9.39. The van der Waals surface area contributed by atoms with Gasteiger partial charge in [-0.2, -0.15) is 14.6 Å². The second-order valence-electron chi connectivity index (χ2n) is 15.4. The van der Waals surface area contributed by atoms with Crippen molar-refractivity contribution >= 4 is 50.0 Å². The summed E-state index contributed by atoms with van der Waals surface area (Å²) in [5.74, 6) is -0.621. The topological polar surface area (TPSA) is 200 Å². The highest BCUT2D eigenvalue weighted by Crippen LogP contribution is 2.44. The lowest BCUT2D eigenvalue weighted by Gasteiger charge is -2.36. The molecular weight excluding hydrogens is 780 g/mol. The fraction of sp³-hybridized carbons (Fsp3) is 0.293. The van der Waals surface area contributed by atoms with Gasteiger partial charge in [-0.25, -0.2) is 22.6 Å². The zero-order valence-corrected chi connectivity index (χ0v) is 33.0. The van der Waals surface area contributed by atoms with Crippen molar-refractivity contribution in [2.24, 2.45) is 13.0 Å². The van der Waals surface area contributed by atoms with Crippen molar-refractivity contribution in [2.45, 2.75) is 73.8 Å². The van der Waals surface area contributed by atoms with Crippen LogP contribution in [0.3, 0.4) is 0 Å². The van der Waals surface area contributed by atoms with Gasteiger partial charge in [0.05, 0.1) is 38.8 Å². The Morgan fingerprint density at radius 3 is 2.58 bits per heavy atom. The number of hydrogen-bond acceptors (Lipinski definition) is 11. The first-order valence-electron chi connectivity index (χ1n) is 19.2. The molecule has 3 aromatic carbocycles. The Bertz CT molecular complexity index is 2970. The molecule has 1 saturated carbocycles. The Hall–Kier alpha value is -6.69. The molecule has 9 rings (SSSR count). The van der Waals surface area contributed by atoms with Gasteiger partial charge in [0.15, 0.2) is 5.75 Å². The summed E-state index contributed by atoms with van der Waals surface area (Å²) in [6, 6.07) is 15.5. The van der Waals surface area contributed by atoms with Crippen LogP contribution < -0.4 is 21.1 Å². The van der Waals surface area contributed by atoms with Crippen LogP contribution in [-0.2, 0) is 32.9 Å². The maximum Gasteiger partial charge on any atom is 0.329 e. The third-order valence-electron chi connectivity index (χ3n) is 11.0. The van der Waals surface area contributed by atoms with E-state index in [1.807, 2.05) is 38.1 Å². The summed E-state index contributed by atoms with van der Waals surface area (Å²) >= 11 is 0. The molecule has 0 radical (unpaired) electrons. The second-order valence-corrected chi connectivity index (χ2v) is 17.3. The lowest BCUT2D eigenvalue weighted by Crippen LogP contribution is -2.44. The van der Waals surface area contributed by atoms with Crippen LogP contribution >= 0.6 is 0 Å². The number of halogens is 1. The molecule has 1 atom stereocenters. The summed E-state index contributed by atoms with van der Waals surface area (Å²) in [5, 5.41) is 16.3. The normalized spacial score (nSPS) is 18.4. The quantitative estimate of drug-likeness (QED) is 0.142. The van der Waals surface area contributed by atoms with Crippen molar-refractivity contribution in [3.8, 4) is 17.0 Å². The van der Waals surface area contributed by atoms with Gasteiger partial charge in [-0.1, -0.05) is 18.2 Å². The minimum absolute atomic E-state index is 0.0178. The average Bonchev–Trinajstić information content (AvgIpc) is 3.93. The number of H-pyrrole nitrogens is 1. The number of aromatic nitrogens is 8. The number of anilines is 2. The lowest BCUT2D eigenvalue weighted by molar-refractivity contribution is -0.135. The van der Waals surface area contributed by atoms with E-state index in [9.17, 15) is 22.8 Å². The van der Waals surface area contributed by atoms with Crippen LogP contribution in [0.25, 0.3) is 27.9 Å². The van der Waals surface area contributed by atoms with Gasteiger partial charge in [-0.05, 0) is 105 Å². The van der Waals surface area contributed by atoms with Gasteiger partial charge in [0.1, 0.15) is 23.9 Å². The van der Waals surface area contributed by atoms with Gasteiger partial charge in [0, 0.05) is 25.2 Å². The zero-order valence-electron chi connectivity index (χ0n) is 32.2. The van der Waals surface area contributed by atoms with Crippen molar-refractivity contribution in [2.75, 3.05) is 5.32 Å². The summed E-state index contributed by atoms with van der Waals surface area (Å²) in [6.07, 6.45) is 7.40. The molecule has 16 nitrogen and oxygen atoms in total. The second kappa shape index (κ2) is 14.6. The number of benzene rings is 3. The number of imide groups is 1. The number of aryl methyl sites for hydroxylation is 1. The van der Waals surface area contributed by atoms with Crippen LogP contribution in [0, 0.1) is 11.7 Å². The highest BCUT2D eigenvalue weighted by molar-refractivity contribution is 7.91. The summed E-state index contributed by atoms with van der Waals surface area (Å²) in [5.41, 5.74) is 4.51. The molecule has 2 fully saturated rings. The third-order valence-corrected chi connectivity index (χ3v) is 12.8. The van der Waals surface area contributed by atoms with Gasteiger partial charge >= 0.3 is 5.69 Å². The number of sulfone groups is 1. The lowest BCUT2D eigenvalue weighted by atomic mass is 9.69. The Labute approximate surface area is 336 Å². The zero-order chi connectivity index (χ0) is 41.2. The molecule has 1 aliphatic heterocycles. The molecule has 302 valence electrons. The van der Waals surface area contributed by atoms with E-state index in [1.54, 1.807) is 31.6 Å². The number of aromatic amines is 1. The van der Waals surface area contributed by atoms with E-state index in [2.05, 4.69) is 35.9 Å². The number of nitrogens with one attached hydrogen (secondary N) is 3. The molecule has 5 heterocycles. The smallest absolute Gasteiger partial charge is 0.329 e. The largest absolute Gasteiger partial charge is 0.485 e. The van der Waals surface area contributed by atoms with Gasteiger partial charge in [0.25, 0.3) is 0 Å². The first kappa shape index (κ1) is 37.9. The molecule has 0 bridgehead atoms. The number of carbonyl (C=O) groups excluding carboxylic acids is 2. The number of fused-ring (bicyclic) bond motifs is 2. The van der Waals surface area contributed by atoms with Crippen LogP contribution in [0.1, 0.15) is 62.6 Å². The van der Waals surface area contributed by atoms with Crippen molar-refractivity contribution in [1.82, 2.24) is 44.2 Å². The molecule has 59 heavy (non-hydrogen) atoms. The standard InChI is InChI=1S/C41H39FN10O6S/c1-22(2)58-37-36(27-19-44-45-20-27)43-21-51-38(37)48-40(49-51)46-31-9-8-29(18-30(31)42)59(56,57)28-6-4-5-23(16-28)13-24-14-26(15-24)25-7-10-32-34(17-25)50(3)41(55)52(32)33-11-12-35(53)47-39(33)54/h4-10,16-22,24,26,33H,11-15H2,1-3H3,(H,44,45)(H,46,49)(H,47,53,54)/t24?,26?,33-/m0/s1. The third kappa shape index (κ3) is 6.92. The highest BCUT2D eigenvalue weighted by Gasteiger charge is 2.34. The Balaban J connectivity index is 0.875. The Kier molecular flexibility index (Phi) is 9.37. The number of rotatable bonds is 11. The summed E-state index contributed by atoms with van der Waals surface area (Å²) < 4.78 is 53.6. The van der Waals surface area contributed by atoms with Crippen molar-refractivity contribution in [3.63, 3.8) is 0 Å². The molecule has 3 N–H and O–H groups in total. The Morgan fingerprint density at radius 1 is 1.02 bits per heavy atom. The van der Waals surface area contributed by atoms with Crippen molar-refractivity contribution < 1.29 is 27.1 Å².